The number of thioether (sulfide) groups is 1. The molecule has 3 heteroatoms. The van der Waals surface area contributed by atoms with Gasteiger partial charge in [0.25, 0.3) is 0 Å². The summed E-state index contributed by atoms with van der Waals surface area (Å²) >= 11 is 1.72. The molecule has 1 atom stereocenters. The van der Waals surface area contributed by atoms with E-state index in [0.717, 1.165) is 12.8 Å². The molecule has 88 valence electrons. The molecule has 1 aliphatic carbocycles. The van der Waals surface area contributed by atoms with Gasteiger partial charge in [-0.15, -0.1) is 11.8 Å². The number of carbonyl (C=O) groups is 1. The fourth-order valence-corrected chi connectivity index (χ4v) is 4.06. The Kier molecular flexibility index (Phi) is 5.51. The number of aliphatic carboxylic acids is 1. The highest BCUT2D eigenvalue weighted by molar-refractivity contribution is 8.01. The topological polar surface area (TPSA) is 37.3 Å². The molecule has 0 saturated heterocycles. The molecule has 0 spiro atoms. The third-order valence-corrected chi connectivity index (χ3v) is 5.10. The maximum Gasteiger partial charge on any atom is 0.316 e. The first kappa shape index (κ1) is 12.9. The number of hydrogen-bond donors (Lipinski definition) is 1. The fraction of sp³-hybridized carbons (Fsp3) is 0.917. The molecule has 1 unspecified atom stereocenters. The predicted octanol–water partition coefficient (Wildman–Crippen LogP) is 3.55. The van der Waals surface area contributed by atoms with Crippen LogP contribution in [-0.2, 0) is 4.79 Å². The second-order valence-electron chi connectivity index (χ2n) is 4.38. The van der Waals surface area contributed by atoms with Gasteiger partial charge >= 0.3 is 5.97 Å². The first-order chi connectivity index (χ1) is 7.19. The summed E-state index contributed by atoms with van der Waals surface area (Å²) in [5, 5.41) is 9.67. The Morgan fingerprint density at radius 2 is 1.87 bits per heavy atom. The molecule has 1 rings (SSSR count). The minimum atomic E-state index is -0.611. The van der Waals surface area contributed by atoms with Crippen LogP contribution in [0, 0.1) is 5.92 Å². The van der Waals surface area contributed by atoms with E-state index >= 15 is 0 Å². The van der Waals surface area contributed by atoms with Crippen molar-refractivity contribution in [2.45, 2.75) is 62.9 Å². The second kappa shape index (κ2) is 6.41. The van der Waals surface area contributed by atoms with Crippen LogP contribution in [0.3, 0.4) is 0 Å². The van der Waals surface area contributed by atoms with Crippen molar-refractivity contribution in [1.82, 2.24) is 0 Å². The Labute approximate surface area is 96.8 Å². The van der Waals surface area contributed by atoms with E-state index in [9.17, 15) is 9.90 Å². The normalized spacial score (nSPS) is 19.7. The van der Waals surface area contributed by atoms with E-state index in [4.69, 9.17) is 0 Å². The highest BCUT2D eigenvalue weighted by Crippen LogP contribution is 2.36. The smallest absolute Gasteiger partial charge is 0.316 e. The van der Waals surface area contributed by atoms with Gasteiger partial charge in [-0.1, -0.05) is 39.5 Å². The largest absolute Gasteiger partial charge is 0.480 e. The van der Waals surface area contributed by atoms with Crippen LogP contribution in [0.15, 0.2) is 0 Å². The standard InChI is InChI=1S/C12H22O2S/c1-3-9(4-2)11(12(13)14)15-10-7-5-6-8-10/h9-11H,3-8H2,1-2H3,(H,13,14). The highest BCUT2D eigenvalue weighted by Gasteiger charge is 2.30. The zero-order valence-corrected chi connectivity index (χ0v) is 10.6. The average Bonchev–Trinajstić information content (AvgIpc) is 2.70. The molecular weight excluding hydrogens is 208 g/mol. The van der Waals surface area contributed by atoms with Gasteiger partial charge in [0.1, 0.15) is 5.25 Å². The lowest BCUT2D eigenvalue weighted by atomic mass is 9.99. The van der Waals surface area contributed by atoms with Gasteiger partial charge in [-0.2, -0.15) is 0 Å². The SMILES string of the molecule is CCC(CC)C(SC1CCCC1)C(=O)O. The minimum absolute atomic E-state index is 0.178. The van der Waals surface area contributed by atoms with Crippen LogP contribution >= 0.6 is 11.8 Å². The van der Waals surface area contributed by atoms with Crippen LogP contribution in [0.25, 0.3) is 0 Å². The number of carboxylic acid groups (broad SMARTS) is 1. The molecule has 1 N–H and O–H groups in total. The van der Waals surface area contributed by atoms with Gasteiger partial charge in [0, 0.05) is 5.25 Å². The van der Waals surface area contributed by atoms with Gasteiger partial charge in [-0.05, 0) is 18.8 Å². The van der Waals surface area contributed by atoms with E-state index in [1.54, 1.807) is 11.8 Å². The maximum atomic E-state index is 11.2. The zero-order chi connectivity index (χ0) is 11.3. The third-order valence-electron chi connectivity index (χ3n) is 3.36. The molecule has 0 aromatic heterocycles. The average molecular weight is 230 g/mol. The Hall–Kier alpha value is -0.180. The van der Waals surface area contributed by atoms with Gasteiger partial charge in [-0.3, -0.25) is 4.79 Å². The predicted molar refractivity (Wildman–Crippen MR) is 65.3 cm³/mol. The Morgan fingerprint density at radius 1 is 1.33 bits per heavy atom. The van der Waals surface area contributed by atoms with Crippen molar-refractivity contribution in [2.24, 2.45) is 5.92 Å². The van der Waals surface area contributed by atoms with Crippen molar-refractivity contribution in [2.75, 3.05) is 0 Å². The molecule has 0 aromatic carbocycles. The van der Waals surface area contributed by atoms with E-state index in [-0.39, 0.29) is 5.25 Å². The Balaban J connectivity index is 2.52. The zero-order valence-electron chi connectivity index (χ0n) is 9.74. The summed E-state index contributed by atoms with van der Waals surface area (Å²) in [5.74, 6) is -0.270. The molecule has 0 aromatic rings. The van der Waals surface area contributed by atoms with Gasteiger partial charge in [0.05, 0.1) is 0 Å². The molecule has 0 amide bonds. The van der Waals surface area contributed by atoms with Crippen LogP contribution in [0.2, 0.25) is 0 Å². The van der Waals surface area contributed by atoms with Crippen molar-refractivity contribution in [1.29, 1.82) is 0 Å². The lowest BCUT2D eigenvalue weighted by Gasteiger charge is -2.23. The van der Waals surface area contributed by atoms with E-state index < -0.39 is 5.97 Å². The Bertz CT molecular complexity index is 196. The van der Waals surface area contributed by atoms with Crippen molar-refractivity contribution >= 4 is 17.7 Å². The summed E-state index contributed by atoms with van der Waals surface area (Å²) in [7, 11) is 0. The van der Waals surface area contributed by atoms with Crippen molar-refractivity contribution < 1.29 is 9.90 Å². The van der Waals surface area contributed by atoms with E-state index in [0.29, 0.717) is 11.2 Å². The fourth-order valence-electron chi connectivity index (χ4n) is 2.32. The quantitative estimate of drug-likeness (QED) is 0.758. The van der Waals surface area contributed by atoms with E-state index in [1.165, 1.54) is 25.7 Å². The molecule has 0 bridgehead atoms. The van der Waals surface area contributed by atoms with Gasteiger partial charge < -0.3 is 5.11 Å². The van der Waals surface area contributed by atoms with Crippen LogP contribution in [0.4, 0.5) is 0 Å². The van der Waals surface area contributed by atoms with Gasteiger partial charge in [0.2, 0.25) is 0 Å². The summed E-state index contributed by atoms with van der Waals surface area (Å²) in [6, 6.07) is 0. The molecule has 15 heavy (non-hydrogen) atoms. The molecule has 0 radical (unpaired) electrons. The van der Waals surface area contributed by atoms with Crippen LogP contribution < -0.4 is 0 Å². The number of carboxylic acids is 1. The second-order valence-corrected chi connectivity index (χ2v) is 5.82. The summed E-state index contributed by atoms with van der Waals surface area (Å²) in [5.41, 5.74) is 0. The molecule has 1 fully saturated rings. The molecule has 2 nitrogen and oxygen atoms in total. The van der Waals surface area contributed by atoms with Crippen LogP contribution in [-0.4, -0.2) is 21.6 Å². The summed E-state index contributed by atoms with van der Waals surface area (Å²) in [6.45, 7) is 4.19. The number of rotatable bonds is 6. The molecule has 1 saturated carbocycles. The lowest BCUT2D eigenvalue weighted by Crippen LogP contribution is -2.27. The first-order valence-corrected chi connectivity index (χ1v) is 7.01. The summed E-state index contributed by atoms with van der Waals surface area (Å²) in [6.07, 6.45) is 6.96. The highest BCUT2D eigenvalue weighted by atomic mass is 32.2. The summed E-state index contributed by atoms with van der Waals surface area (Å²) < 4.78 is 0. The maximum absolute atomic E-state index is 11.2. The molecule has 0 heterocycles. The third kappa shape index (κ3) is 3.71. The number of hydrogen-bond acceptors (Lipinski definition) is 2. The van der Waals surface area contributed by atoms with Crippen molar-refractivity contribution in [3.8, 4) is 0 Å². The first-order valence-electron chi connectivity index (χ1n) is 6.07. The van der Waals surface area contributed by atoms with Crippen LogP contribution in [0.1, 0.15) is 52.4 Å². The summed E-state index contributed by atoms with van der Waals surface area (Å²) in [4.78, 5) is 11.2. The monoisotopic (exact) mass is 230 g/mol. The minimum Gasteiger partial charge on any atom is -0.480 e. The molecule has 0 aliphatic heterocycles. The Morgan fingerprint density at radius 3 is 2.27 bits per heavy atom. The van der Waals surface area contributed by atoms with Gasteiger partial charge in [0.15, 0.2) is 0 Å². The van der Waals surface area contributed by atoms with Gasteiger partial charge in [-0.25, -0.2) is 0 Å². The molecular formula is C12H22O2S. The molecule has 1 aliphatic rings. The van der Waals surface area contributed by atoms with Crippen molar-refractivity contribution in [3.63, 3.8) is 0 Å². The van der Waals surface area contributed by atoms with Crippen LogP contribution in [0.5, 0.6) is 0 Å². The van der Waals surface area contributed by atoms with E-state index in [2.05, 4.69) is 13.8 Å². The van der Waals surface area contributed by atoms with E-state index in [1.807, 2.05) is 0 Å². The lowest BCUT2D eigenvalue weighted by molar-refractivity contribution is -0.137. The van der Waals surface area contributed by atoms with Crippen molar-refractivity contribution in [3.05, 3.63) is 0 Å².